The number of alkyl halides is 3. The first-order valence-electron chi connectivity index (χ1n) is 11.7. The van der Waals surface area contributed by atoms with Gasteiger partial charge in [-0.2, -0.15) is 13.2 Å². The van der Waals surface area contributed by atoms with E-state index in [2.05, 4.69) is 21.9 Å². The molecule has 2 fully saturated rings. The molecule has 0 radical (unpaired) electrons. The van der Waals surface area contributed by atoms with Crippen LogP contribution in [0.1, 0.15) is 49.4 Å². The third-order valence-electron chi connectivity index (χ3n) is 6.77. The van der Waals surface area contributed by atoms with Crippen molar-refractivity contribution < 1.29 is 30.8 Å². The molecular formula is C24H28F4N4O3S. The van der Waals surface area contributed by atoms with E-state index in [-0.39, 0.29) is 24.0 Å². The number of hydrogen-bond acceptors (Lipinski definition) is 5. The van der Waals surface area contributed by atoms with Gasteiger partial charge in [0.2, 0.25) is 15.9 Å². The molecule has 2 heterocycles. The molecule has 0 bridgehead atoms. The van der Waals surface area contributed by atoms with E-state index in [4.69, 9.17) is 0 Å². The Balaban J connectivity index is 1.52. The van der Waals surface area contributed by atoms with Gasteiger partial charge in [-0.3, -0.25) is 9.52 Å². The summed E-state index contributed by atoms with van der Waals surface area (Å²) in [5, 5.41) is 2.80. The van der Waals surface area contributed by atoms with Crippen LogP contribution < -0.4 is 14.9 Å². The molecule has 0 atom stereocenters. The Morgan fingerprint density at radius 3 is 2.39 bits per heavy atom. The first-order chi connectivity index (χ1) is 16.8. The summed E-state index contributed by atoms with van der Waals surface area (Å²) in [6.07, 6.45) is -1.06. The van der Waals surface area contributed by atoms with Gasteiger partial charge in [-0.05, 0) is 55.4 Å². The van der Waals surface area contributed by atoms with E-state index in [9.17, 15) is 30.8 Å². The van der Waals surface area contributed by atoms with Crippen molar-refractivity contribution in [3.8, 4) is 0 Å². The van der Waals surface area contributed by atoms with Gasteiger partial charge in [0, 0.05) is 25.2 Å². The summed E-state index contributed by atoms with van der Waals surface area (Å²) < 4.78 is 79.4. The fourth-order valence-corrected chi connectivity index (χ4v) is 5.04. The van der Waals surface area contributed by atoms with Crippen LogP contribution in [0.25, 0.3) is 0 Å². The molecule has 1 amide bonds. The second-order valence-electron chi connectivity index (χ2n) is 9.68. The predicted octanol–water partition coefficient (Wildman–Crippen LogP) is 4.20. The van der Waals surface area contributed by atoms with Crippen LogP contribution in [-0.2, 0) is 33.0 Å². The molecule has 1 aromatic heterocycles. The number of carbonyl (C=O) groups excluding carboxylic acids is 1. The van der Waals surface area contributed by atoms with E-state index in [0.717, 1.165) is 31.2 Å². The first kappa shape index (κ1) is 26.2. The Bertz CT molecular complexity index is 1250. The lowest BCUT2D eigenvalue weighted by atomic mass is 9.94. The van der Waals surface area contributed by atoms with Crippen molar-refractivity contribution in [2.75, 3.05) is 29.0 Å². The Hall–Kier alpha value is -2.89. The SMILES string of the molecule is CC1CCN(c2nc(C(F)(F)F)ccc2CNC(=O)C2(c3ccc(NS(C)(=O)=O)c(F)c3)CC2)CC1. The van der Waals surface area contributed by atoms with Crippen molar-refractivity contribution in [3.05, 3.63) is 53.0 Å². The van der Waals surface area contributed by atoms with E-state index in [1.165, 1.54) is 18.2 Å². The van der Waals surface area contributed by atoms with Gasteiger partial charge in [0.1, 0.15) is 17.3 Å². The van der Waals surface area contributed by atoms with Crippen molar-refractivity contribution in [3.63, 3.8) is 0 Å². The van der Waals surface area contributed by atoms with Crippen molar-refractivity contribution in [2.45, 2.75) is 50.7 Å². The van der Waals surface area contributed by atoms with Crippen molar-refractivity contribution >= 4 is 27.4 Å². The quantitative estimate of drug-likeness (QED) is 0.526. The maximum atomic E-state index is 14.5. The molecular weight excluding hydrogens is 500 g/mol. The van der Waals surface area contributed by atoms with Gasteiger partial charge in [0.25, 0.3) is 0 Å². The Kier molecular flexibility index (Phi) is 6.93. The Morgan fingerprint density at radius 2 is 1.83 bits per heavy atom. The third kappa shape index (κ3) is 5.74. The molecule has 1 aliphatic carbocycles. The molecule has 1 aromatic carbocycles. The number of benzene rings is 1. The zero-order valence-corrected chi connectivity index (χ0v) is 20.8. The number of hydrogen-bond donors (Lipinski definition) is 2. The second-order valence-corrected chi connectivity index (χ2v) is 11.4. The van der Waals surface area contributed by atoms with Crippen LogP contribution in [0.5, 0.6) is 0 Å². The summed E-state index contributed by atoms with van der Waals surface area (Å²) in [5.74, 6) is -0.483. The minimum atomic E-state index is -4.58. The van der Waals surface area contributed by atoms with Crippen LogP contribution in [0.4, 0.5) is 29.1 Å². The fraction of sp³-hybridized carbons (Fsp3) is 0.500. The highest BCUT2D eigenvalue weighted by atomic mass is 32.2. The standard InChI is InChI=1S/C24H28F4N4O3S/c1-15-7-11-32(12-8-15)21-16(3-6-20(30-21)24(26,27)28)14-29-22(33)23(9-10-23)17-4-5-19(18(25)13-17)31-36(2,34)35/h3-6,13,15,31H,7-12,14H2,1-2H3,(H,29,33). The number of pyridine rings is 1. The number of nitrogens with one attached hydrogen (secondary N) is 2. The van der Waals surface area contributed by atoms with Gasteiger partial charge in [-0.25, -0.2) is 17.8 Å². The van der Waals surface area contributed by atoms with E-state index >= 15 is 0 Å². The highest BCUT2D eigenvalue weighted by Gasteiger charge is 2.51. The van der Waals surface area contributed by atoms with E-state index in [1.54, 1.807) is 0 Å². The molecule has 196 valence electrons. The average Bonchev–Trinajstić information content (AvgIpc) is 3.60. The molecule has 1 saturated carbocycles. The largest absolute Gasteiger partial charge is 0.433 e. The summed E-state index contributed by atoms with van der Waals surface area (Å²) in [5.41, 5.74) is -1.28. The van der Waals surface area contributed by atoms with Gasteiger partial charge in [-0.15, -0.1) is 0 Å². The highest BCUT2D eigenvalue weighted by Crippen LogP contribution is 2.49. The number of anilines is 2. The maximum absolute atomic E-state index is 14.5. The average molecular weight is 529 g/mol. The maximum Gasteiger partial charge on any atom is 0.433 e. The molecule has 0 unspecified atom stereocenters. The summed E-state index contributed by atoms with van der Waals surface area (Å²) in [6.45, 7) is 3.23. The van der Waals surface area contributed by atoms with E-state index < -0.39 is 33.1 Å². The zero-order chi connectivity index (χ0) is 26.3. The molecule has 1 aliphatic heterocycles. The van der Waals surface area contributed by atoms with E-state index in [0.29, 0.717) is 43.0 Å². The molecule has 7 nitrogen and oxygen atoms in total. The lowest BCUT2D eigenvalue weighted by molar-refractivity contribution is -0.141. The summed E-state index contributed by atoms with van der Waals surface area (Å²) in [7, 11) is -3.67. The zero-order valence-electron chi connectivity index (χ0n) is 20.0. The molecule has 36 heavy (non-hydrogen) atoms. The minimum Gasteiger partial charge on any atom is -0.356 e. The molecule has 1 saturated heterocycles. The van der Waals surface area contributed by atoms with Crippen LogP contribution in [-0.4, -0.2) is 38.7 Å². The Labute approximate surface area is 207 Å². The second kappa shape index (κ2) is 9.53. The number of nitrogens with zero attached hydrogens (tertiary/aromatic N) is 2. The number of amides is 1. The summed E-state index contributed by atoms with van der Waals surface area (Å²) >= 11 is 0. The number of piperidine rings is 1. The van der Waals surface area contributed by atoms with Crippen LogP contribution in [0.2, 0.25) is 0 Å². The van der Waals surface area contributed by atoms with Crippen LogP contribution in [0.3, 0.4) is 0 Å². The number of rotatable bonds is 7. The van der Waals surface area contributed by atoms with Gasteiger partial charge in [0.05, 0.1) is 17.4 Å². The van der Waals surface area contributed by atoms with Gasteiger partial charge < -0.3 is 10.2 Å². The van der Waals surface area contributed by atoms with Gasteiger partial charge >= 0.3 is 6.18 Å². The third-order valence-corrected chi connectivity index (χ3v) is 7.36. The van der Waals surface area contributed by atoms with Crippen LogP contribution in [0, 0.1) is 11.7 Å². The van der Waals surface area contributed by atoms with Crippen LogP contribution in [0.15, 0.2) is 30.3 Å². The number of halogens is 4. The Morgan fingerprint density at radius 1 is 1.17 bits per heavy atom. The monoisotopic (exact) mass is 528 g/mol. The lowest BCUT2D eigenvalue weighted by Gasteiger charge is -2.33. The van der Waals surface area contributed by atoms with E-state index in [1.807, 2.05) is 4.90 Å². The number of aromatic nitrogens is 1. The van der Waals surface area contributed by atoms with Crippen molar-refractivity contribution in [2.24, 2.45) is 5.92 Å². The lowest BCUT2D eigenvalue weighted by Crippen LogP contribution is -2.37. The topological polar surface area (TPSA) is 91.4 Å². The summed E-state index contributed by atoms with van der Waals surface area (Å²) in [4.78, 5) is 18.9. The van der Waals surface area contributed by atoms with Crippen LogP contribution >= 0.6 is 0 Å². The minimum absolute atomic E-state index is 0.0245. The van der Waals surface area contributed by atoms with Crippen molar-refractivity contribution in [1.82, 2.24) is 10.3 Å². The first-order valence-corrected chi connectivity index (χ1v) is 13.6. The molecule has 2 aromatic rings. The van der Waals surface area contributed by atoms with Gasteiger partial charge in [-0.1, -0.05) is 19.1 Å². The fourth-order valence-electron chi connectivity index (χ4n) is 4.48. The smallest absolute Gasteiger partial charge is 0.356 e. The molecule has 2 aliphatic rings. The highest BCUT2D eigenvalue weighted by molar-refractivity contribution is 7.92. The molecule has 12 heteroatoms. The molecule has 2 N–H and O–H groups in total. The molecule has 4 rings (SSSR count). The molecule has 0 spiro atoms. The van der Waals surface area contributed by atoms with Gasteiger partial charge in [0.15, 0.2) is 0 Å². The number of sulfonamides is 1. The number of carbonyl (C=O) groups is 1. The normalized spacial score (nSPS) is 18.1. The van der Waals surface area contributed by atoms with Crippen molar-refractivity contribution in [1.29, 1.82) is 0 Å². The summed E-state index contributed by atoms with van der Waals surface area (Å²) in [6, 6.07) is 6.17. The predicted molar refractivity (Wildman–Crippen MR) is 127 cm³/mol.